The molecule has 0 unspecified atom stereocenters. The number of benzene rings is 2. The number of sulfonamides is 1. The first-order valence-corrected chi connectivity index (χ1v) is 12.8. The number of anilines is 1. The maximum Gasteiger partial charge on any atom is 0.244 e. The summed E-state index contributed by atoms with van der Waals surface area (Å²) in [6, 6.07) is 8.90. The molecule has 1 atom stereocenters. The first-order valence-electron chi connectivity index (χ1n) is 10.2. The van der Waals surface area contributed by atoms with E-state index in [1.54, 1.807) is 32.0 Å². The number of hydrogen-bond acceptors (Lipinski definition) is 4. The molecule has 1 N–H and O–H groups in total. The van der Waals surface area contributed by atoms with E-state index in [9.17, 15) is 22.4 Å². The number of likely N-dealkylation sites (N-methyl/N-ethyl adjacent to an activating group) is 1. The van der Waals surface area contributed by atoms with Crippen LogP contribution in [-0.2, 0) is 26.2 Å². The van der Waals surface area contributed by atoms with Crippen molar-refractivity contribution in [3.8, 4) is 0 Å². The standard InChI is InChI=1S/C22H26Cl2FN3O4S/c1-4-20(22(30)26-5-2)27(13-15-9-10-18(23)19(24)11-15)21(29)14-28(33(3,31)32)17-8-6-7-16(25)12-17/h6-12,20H,4-5,13-14H2,1-3H3,(H,26,30)/t20-/m0/s1. The highest BCUT2D eigenvalue weighted by molar-refractivity contribution is 7.92. The number of carbonyl (C=O) groups is 2. The van der Waals surface area contributed by atoms with Crippen LogP contribution in [0, 0.1) is 5.82 Å². The SMILES string of the molecule is CCNC(=O)[C@H](CC)N(Cc1ccc(Cl)c(Cl)c1)C(=O)CN(c1cccc(F)c1)S(C)(=O)=O. The normalized spacial score (nSPS) is 12.2. The highest BCUT2D eigenvalue weighted by atomic mass is 35.5. The zero-order valence-corrected chi connectivity index (χ0v) is 20.8. The van der Waals surface area contributed by atoms with Crippen LogP contribution < -0.4 is 9.62 Å². The van der Waals surface area contributed by atoms with Gasteiger partial charge in [0.1, 0.15) is 18.4 Å². The van der Waals surface area contributed by atoms with Gasteiger partial charge in [0.2, 0.25) is 21.8 Å². The molecule has 7 nitrogen and oxygen atoms in total. The minimum absolute atomic E-state index is 0.00592. The van der Waals surface area contributed by atoms with Crippen molar-refractivity contribution in [2.24, 2.45) is 0 Å². The predicted octanol–water partition coefficient (Wildman–Crippen LogP) is 3.84. The zero-order chi connectivity index (χ0) is 24.8. The Hall–Kier alpha value is -2.36. The van der Waals surface area contributed by atoms with Crippen molar-refractivity contribution in [2.45, 2.75) is 32.9 Å². The number of amides is 2. The van der Waals surface area contributed by atoms with Crippen LogP contribution in [0.1, 0.15) is 25.8 Å². The van der Waals surface area contributed by atoms with Gasteiger partial charge >= 0.3 is 0 Å². The summed E-state index contributed by atoms with van der Waals surface area (Å²) in [5.41, 5.74) is 0.614. The first-order chi connectivity index (χ1) is 15.5. The Balaban J connectivity index is 2.45. The van der Waals surface area contributed by atoms with E-state index < -0.39 is 34.3 Å². The first kappa shape index (κ1) is 26.9. The van der Waals surface area contributed by atoms with Crippen LogP contribution in [0.3, 0.4) is 0 Å². The molecule has 2 aromatic carbocycles. The highest BCUT2D eigenvalue weighted by Gasteiger charge is 2.31. The van der Waals surface area contributed by atoms with E-state index in [4.69, 9.17) is 23.2 Å². The minimum Gasteiger partial charge on any atom is -0.355 e. The third-order valence-electron chi connectivity index (χ3n) is 4.85. The Morgan fingerprint density at radius 1 is 1.09 bits per heavy atom. The lowest BCUT2D eigenvalue weighted by Gasteiger charge is -2.32. The van der Waals surface area contributed by atoms with Crippen LogP contribution in [-0.4, -0.2) is 50.5 Å². The average molecular weight is 518 g/mol. The van der Waals surface area contributed by atoms with E-state index in [-0.39, 0.29) is 29.6 Å². The molecular formula is C22H26Cl2FN3O4S. The highest BCUT2D eigenvalue weighted by Crippen LogP contribution is 2.25. The van der Waals surface area contributed by atoms with Gasteiger partial charge in [-0.05, 0) is 49.2 Å². The smallest absolute Gasteiger partial charge is 0.244 e. The Kier molecular flexibility index (Phi) is 9.51. The number of nitrogens with zero attached hydrogens (tertiary/aromatic N) is 2. The van der Waals surface area contributed by atoms with Gasteiger partial charge in [0.05, 0.1) is 22.0 Å². The lowest BCUT2D eigenvalue weighted by Crippen LogP contribution is -2.52. The van der Waals surface area contributed by atoms with Gasteiger partial charge in [-0.15, -0.1) is 0 Å². The molecule has 0 heterocycles. The summed E-state index contributed by atoms with van der Waals surface area (Å²) >= 11 is 12.1. The van der Waals surface area contributed by atoms with Gasteiger partial charge in [-0.25, -0.2) is 12.8 Å². The van der Waals surface area contributed by atoms with Crippen LogP contribution >= 0.6 is 23.2 Å². The van der Waals surface area contributed by atoms with Crippen LogP contribution in [0.4, 0.5) is 10.1 Å². The summed E-state index contributed by atoms with van der Waals surface area (Å²) in [5.74, 6) is -1.64. The molecule has 33 heavy (non-hydrogen) atoms. The van der Waals surface area contributed by atoms with Crippen molar-refractivity contribution in [3.63, 3.8) is 0 Å². The fraction of sp³-hybridized carbons (Fsp3) is 0.364. The Bertz CT molecular complexity index is 1110. The maximum absolute atomic E-state index is 13.8. The molecule has 0 fully saturated rings. The molecule has 11 heteroatoms. The van der Waals surface area contributed by atoms with Gasteiger partial charge in [0, 0.05) is 13.1 Å². The number of hydrogen-bond donors (Lipinski definition) is 1. The zero-order valence-electron chi connectivity index (χ0n) is 18.5. The molecule has 0 aliphatic heterocycles. The number of halogens is 3. The Morgan fingerprint density at radius 3 is 2.33 bits per heavy atom. The van der Waals surface area contributed by atoms with E-state index >= 15 is 0 Å². The molecule has 180 valence electrons. The summed E-state index contributed by atoms with van der Waals surface area (Å²) in [7, 11) is -3.93. The van der Waals surface area contributed by atoms with Gasteiger partial charge in [-0.1, -0.05) is 42.3 Å². The molecule has 0 bridgehead atoms. The van der Waals surface area contributed by atoms with Gasteiger partial charge < -0.3 is 10.2 Å². The van der Waals surface area contributed by atoms with Gasteiger partial charge in [-0.3, -0.25) is 13.9 Å². The summed E-state index contributed by atoms with van der Waals surface area (Å²) < 4.78 is 39.4. The van der Waals surface area contributed by atoms with Crippen molar-refractivity contribution in [2.75, 3.05) is 23.7 Å². The Labute approximate surface area is 203 Å². The molecule has 0 radical (unpaired) electrons. The number of nitrogens with one attached hydrogen (secondary N) is 1. The topological polar surface area (TPSA) is 86.8 Å². The van der Waals surface area contributed by atoms with Crippen molar-refractivity contribution >= 4 is 50.7 Å². The molecule has 2 rings (SSSR count). The number of rotatable bonds is 10. The van der Waals surface area contributed by atoms with Crippen LogP contribution in [0.25, 0.3) is 0 Å². The van der Waals surface area contributed by atoms with Crippen LogP contribution in [0.2, 0.25) is 10.0 Å². The quantitative estimate of drug-likeness (QED) is 0.518. The summed E-state index contributed by atoms with van der Waals surface area (Å²) in [5, 5.41) is 3.32. The van der Waals surface area contributed by atoms with Crippen molar-refractivity contribution in [3.05, 3.63) is 63.9 Å². The second kappa shape index (κ2) is 11.7. The monoisotopic (exact) mass is 517 g/mol. The predicted molar refractivity (Wildman–Crippen MR) is 128 cm³/mol. The van der Waals surface area contributed by atoms with E-state index in [2.05, 4.69) is 5.32 Å². The van der Waals surface area contributed by atoms with Crippen molar-refractivity contribution in [1.29, 1.82) is 0 Å². The van der Waals surface area contributed by atoms with Gasteiger partial charge in [0.25, 0.3) is 0 Å². The lowest BCUT2D eigenvalue weighted by molar-refractivity contribution is -0.140. The molecule has 2 aromatic rings. The summed E-state index contributed by atoms with van der Waals surface area (Å²) in [6.45, 7) is 3.25. The molecule has 0 saturated carbocycles. The van der Waals surface area contributed by atoms with Crippen LogP contribution in [0.15, 0.2) is 42.5 Å². The summed E-state index contributed by atoms with van der Waals surface area (Å²) in [6.07, 6.45) is 1.22. The van der Waals surface area contributed by atoms with Gasteiger partial charge in [-0.2, -0.15) is 0 Å². The third-order valence-corrected chi connectivity index (χ3v) is 6.73. The molecule has 2 amide bonds. The van der Waals surface area contributed by atoms with E-state index in [0.717, 1.165) is 16.6 Å². The van der Waals surface area contributed by atoms with E-state index in [1.165, 1.54) is 23.1 Å². The van der Waals surface area contributed by atoms with Crippen LogP contribution in [0.5, 0.6) is 0 Å². The Morgan fingerprint density at radius 2 is 1.79 bits per heavy atom. The second-order valence-corrected chi connectivity index (χ2v) is 10.1. The van der Waals surface area contributed by atoms with Crippen molar-refractivity contribution < 1.29 is 22.4 Å². The van der Waals surface area contributed by atoms with Gasteiger partial charge in [0.15, 0.2) is 0 Å². The van der Waals surface area contributed by atoms with Crippen molar-refractivity contribution in [1.82, 2.24) is 10.2 Å². The molecule has 0 aliphatic carbocycles. The fourth-order valence-electron chi connectivity index (χ4n) is 3.29. The fourth-order valence-corrected chi connectivity index (χ4v) is 4.45. The van der Waals surface area contributed by atoms with E-state index in [1.807, 2.05) is 0 Å². The molecule has 0 aromatic heterocycles. The lowest BCUT2D eigenvalue weighted by atomic mass is 10.1. The maximum atomic E-state index is 13.8. The average Bonchev–Trinajstić information content (AvgIpc) is 2.73. The minimum atomic E-state index is -3.93. The van der Waals surface area contributed by atoms with E-state index in [0.29, 0.717) is 17.1 Å². The largest absolute Gasteiger partial charge is 0.355 e. The molecular weight excluding hydrogens is 492 g/mol. The number of carbonyl (C=O) groups excluding carboxylic acids is 2. The third kappa shape index (κ3) is 7.31. The second-order valence-electron chi connectivity index (χ2n) is 7.34. The molecule has 0 aliphatic rings. The molecule has 0 spiro atoms. The summed E-state index contributed by atoms with van der Waals surface area (Å²) in [4.78, 5) is 27.4. The molecule has 0 saturated heterocycles.